The summed E-state index contributed by atoms with van der Waals surface area (Å²) in [7, 11) is 0. The molecule has 0 unspecified atom stereocenters. The van der Waals surface area contributed by atoms with E-state index in [9.17, 15) is 9.50 Å². The van der Waals surface area contributed by atoms with E-state index in [1.54, 1.807) is 18.2 Å². The third-order valence-electron chi connectivity index (χ3n) is 2.36. The molecule has 0 saturated carbocycles. The summed E-state index contributed by atoms with van der Waals surface area (Å²) in [4.78, 5) is 0. The fourth-order valence-electron chi connectivity index (χ4n) is 1.57. The fourth-order valence-corrected chi connectivity index (χ4v) is 2.04. The molecule has 0 aliphatic carbocycles. The maximum absolute atomic E-state index is 13.1. The maximum Gasteiger partial charge on any atom is 0.127 e. The predicted octanol–water partition coefficient (Wildman–Crippen LogP) is 4.45. The van der Waals surface area contributed by atoms with Crippen LogP contribution >= 0.6 is 23.2 Å². The van der Waals surface area contributed by atoms with Crippen LogP contribution in [0.5, 0.6) is 5.75 Å². The lowest BCUT2D eigenvalue weighted by atomic mass is 10.2. The van der Waals surface area contributed by atoms with E-state index in [4.69, 9.17) is 23.2 Å². The summed E-state index contributed by atoms with van der Waals surface area (Å²) >= 11 is 11.8. The van der Waals surface area contributed by atoms with E-state index in [1.807, 2.05) is 0 Å². The van der Waals surface area contributed by atoms with Gasteiger partial charge in [-0.3, -0.25) is 0 Å². The molecule has 2 nitrogen and oxygen atoms in total. The van der Waals surface area contributed by atoms with Gasteiger partial charge in [0.05, 0.1) is 10.7 Å². The van der Waals surface area contributed by atoms with Gasteiger partial charge in [0.2, 0.25) is 0 Å². The van der Waals surface area contributed by atoms with Gasteiger partial charge in [0.1, 0.15) is 11.6 Å². The Kier molecular flexibility index (Phi) is 3.94. The van der Waals surface area contributed by atoms with Crippen LogP contribution in [0.3, 0.4) is 0 Å². The molecule has 0 aromatic heterocycles. The Hall–Kier alpha value is -1.45. The van der Waals surface area contributed by atoms with Crippen molar-refractivity contribution in [3.05, 3.63) is 57.8 Å². The van der Waals surface area contributed by atoms with Crippen molar-refractivity contribution in [2.75, 3.05) is 5.32 Å². The molecular formula is C13H10Cl2FNO. The van der Waals surface area contributed by atoms with Crippen molar-refractivity contribution < 1.29 is 9.50 Å². The van der Waals surface area contributed by atoms with Crippen LogP contribution in [0, 0.1) is 5.82 Å². The molecule has 0 radical (unpaired) electrons. The van der Waals surface area contributed by atoms with Crippen LogP contribution in [-0.2, 0) is 6.54 Å². The zero-order chi connectivity index (χ0) is 13.1. The van der Waals surface area contributed by atoms with Crippen LogP contribution in [0.2, 0.25) is 10.0 Å². The molecule has 0 spiro atoms. The van der Waals surface area contributed by atoms with E-state index >= 15 is 0 Å². The van der Waals surface area contributed by atoms with Gasteiger partial charge in [-0.25, -0.2) is 4.39 Å². The summed E-state index contributed by atoms with van der Waals surface area (Å²) < 4.78 is 13.1. The standard InChI is InChI=1S/C13H10Cl2FNO/c14-9-1-2-13(12(15)5-9)17-7-8-3-10(16)6-11(18)4-8/h1-6,17-18H,7H2. The SMILES string of the molecule is Oc1cc(F)cc(CNc2ccc(Cl)cc2Cl)c1. The van der Waals surface area contributed by atoms with Gasteiger partial charge in [-0.1, -0.05) is 23.2 Å². The van der Waals surface area contributed by atoms with Crippen molar-refractivity contribution in [2.24, 2.45) is 0 Å². The smallest absolute Gasteiger partial charge is 0.127 e. The molecule has 18 heavy (non-hydrogen) atoms. The average molecular weight is 286 g/mol. The molecule has 2 aromatic carbocycles. The Morgan fingerprint density at radius 2 is 1.89 bits per heavy atom. The number of halogens is 3. The largest absolute Gasteiger partial charge is 0.508 e. The van der Waals surface area contributed by atoms with Crippen LogP contribution < -0.4 is 5.32 Å². The molecular weight excluding hydrogens is 276 g/mol. The minimum absolute atomic E-state index is 0.103. The zero-order valence-corrected chi connectivity index (χ0v) is 10.8. The van der Waals surface area contributed by atoms with Crippen molar-refractivity contribution in [1.29, 1.82) is 0 Å². The van der Waals surface area contributed by atoms with E-state index < -0.39 is 5.82 Å². The van der Waals surface area contributed by atoms with Crippen molar-refractivity contribution in [1.82, 2.24) is 0 Å². The second kappa shape index (κ2) is 5.46. The summed E-state index contributed by atoms with van der Waals surface area (Å²) in [5, 5.41) is 13.4. The first kappa shape index (κ1) is 13.0. The number of anilines is 1. The van der Waals surface area contributed by atoms with E-state index in [0.29, 0.717) is 27.8 Å². The van der Waals surface area contributed by atoms with Gasteiger partial charge < -0.3 is 10.4 Å². The van der Waals surface area contributed by atoms with Crippen molar-refractivity contribution in [2.45, 2.75) is 6.54 Å². The molecule has 0 amide bonds. The number of benzene rings is 2. The van der Waals surface area contributed by atoms with E-state index in [1.165, 1.54) is 12.1 Å². The third-order valence-corrected chi connectivity index (χ3v) is 2.90. The maximum atomic E-state index is 13.1. The van der Waals surface area contributed by atoms with Gasteiger partial charge in [-0.15, -0.1) is 0 Å². The molecule has 0 bridgehead atoms. The number of phenols is 1. The number of phenolic OH excluding ortho intramolecular Hbond substituents is 1. The molecule has 2 N–H and O–H groups in total. The topological polar surface area (TPSA) is 32.3 Å². The van der Waals surface area contributed by atoms with Crippen LogP contribution in [0.4, 0.5) is 10.1 Å². The quantitative estimate of drug-likeness (QED) is 0.873. The summed E-state index contributed by atoms with van der Waals surface area (Å²) in [6.07, 6.45) is 0. The number of nitrogens with one attached hydrogen (secondary N) is 1. The summed E-state index contributed by atoms with van der Waals surface area (Å²) in [6.45, 7) is 0.354. The molecule has 0 aliphatic heterocycles. The number of aromatic hydroxyl groups is 1. The Labute approximate surface area is 114 Å². The minimum atomic E-state index is -0.478. The van der Waals surface area contributed by atoms with Crippen molar-refractivity contribution in [3.8, 4) is 5.75 Å². The Bertz CT molecular complexity index is 555. The highest BCUT2D eigenvalue weighted by Gasteiger charge is 2.03. The molecule has 5 heteroatoms. The first-order valence-electron chi connectivity index (χ1n) is 5.22. The molecule has 0 saturated heterocycles. The predicted molar refractivity (Wildman–Crippen MR) is 71.9 cm³/mol. The molecule has 0 fully saturated rings. The molecule has 2 aromatic rings. The lowest BCUT2D eigenvalue weighted by Gasteiger charge is -2.09. The van der Waals surface area contributed by atoms with E-state index in [-0.39, 0.29) is 5.75 Å². The Morgan fingerprint density at radius 3 is 2.56 bits per heavy atom. The number of rotatable bonds is 3. The van der Waals surface area contributed by atoms with Gasteiger partial charge in [-0.05, 0) is 35.9 Å². The monoisotopic (exact) mass is 285 g/mol. The molecule has 0 heterocycles. The van der Waals surface area contributed by atoms with Crippen molar-refractivity contribution in [3.63, 3.8) is 0 Å². The summed E-state index contributed by atoms with van der Waals surface area (Å²) in [5.41, 5.74) is 1.32. The molecule has 0 atom stereocenters. The first-order valence-corrected chi connectivity index (χ1v) is 5.97. The Balaban J connectivity index is 2.11. The van der Waals surface area contributed by atoms with Crippen LogP contribution in [-0.4, -0.2) is 5.11 Å². The van der Waals surface area contributed by atoms with Crippen LogP contribution in [0.1, 0.15) is 5.56 Å². The zero-order valence-electron chi connectivity index (χ0n) is 9.25. The van der Waals surface area contributed by atoms with Gasteiger partial charge in [0.15, 0.2) is 0 Å². The van der Waals surface area contributed by atoms with Crippen molar-refractivity contribution >= 4 is 28.9 Å². The number of hydrogen-bond acceptors (Lipinski definition) is 2. The highest BCUT2D eigenvalue weighted by molar-refractivity contribution is 6.36. The highest BCUT2D eigenvalue weighted by Crippen LogP contribution is 2.26. The molecule has 0 aliphatic rings. The van der Waals surface area contributed by atoms with E-state index in [2.05, 4.69) is 5.32 Å². The van der Waals surface area contributed by atoms with Gasteiger partial charge in [0, 0.05) is 17.6 Å². The fraction of sp³-hybridized carbons (Fsp3) is 0.0769. The summed E-state index contributed by atoms with van der Waals surface area (Å²) in [6, 6.07) is 8.95. The average Bonchev–Trinajstić information content (AvgIpc) is 2.26. The van der Waals surface area contributed by atoms with Crippen LogP contribution in [0.15, 0.2) is 36.4 Å². The van der Waals surface area contributed by atoms with Gasteiger partial charge >= 0.3 is 0 Å². The lowest BCUT2D eigenvalue weighted by Crippen LogP contribution is -2.00. The second-order valence-electron chi connectivity index (χ2n) is 3.80. The molecule has 2 rings (SSSR count). The van der Waals surface area contributed by atoms with E-state index in [0.717, 1.165) is 6.07 Å². The highest BCUT2D eigenvalue weighted by atomic mass is 35.5. The summed E-state index contributed by atoms with van der Waals surface area (Å²) in [5.74, 6) is -0.581. The second-order valence-corrected chi connectivity index (χ2v) is 4.64. The minimum Gasteiger partial charge on any atom is -0.508 e. The number of hydrogen-bond donors (Lipinski definition) is 2. The van der Waals surface area contributed by atoms with Gasteiger partial charge in [0.25, 0.3) is 0 Å². The Morgan fingerprint density at radius 1 is 1.11 bits per heavy atom. The van der Waals surface area contributed by atoms with Crippen LogP contribution in [0.25, 0.3) is 0 Å². The molecule has 94 valence electrons. The lowest BCUT2D eigenvalue weighted by molar-refractivity contribution is 0.468. The third kappa shape index (κ3) is 3.28. The van der Waals surface area contributed by atoms with Gasteiger partial charge in [-0.2, -0.15) is 0 Å². The normalized spacial score (nSPS) is 10.4. The first-order chi connectivity index (χ1) is 8.54.